The molecule has 3 rings (SSSR count). The van der Waals surface area contributed by atoms with Crippen LogP contribution in [0.5, 0.6) is 5.75 Å². The summed E-state index contributed by atoms with van der Waals surface area (Å²) in [5.41, 5.74) is 2.88. The van der Waals surface area contributed by atoms with E-state index in [0.29, 0.717) is 11.4 Å². The largest absolute Gasteiger partial charge is 0.497 e. The minimum absolute atomic E-state index is 0.106. The standard InChI is InChI=1S/C15H18FN3O/c1-19-15-5-3-4-13(11(15)9-17-19)18-14-8-10(20-2)6-7-12(14)16/h6-9,13,18H,3-5H2,1-2H3. The van der Waals surface area contributed by atoms with Gasteiger partial charge < -0.3 is 10.1 Å². The number of methoxy groups -OCH3 is 1. The molecule has 0 saturated carbocycles. The highest BCUT2D eigenvalue weighted by Gasteiger charge is 2.24. The van der Waals surface area contributed by atoms with Gasteiger partial charge in [-0.15, -0.1) is 0 Å². The Bertz CT molecular complexity index is 624. The molecule has 1 aliphatic carbocycles. The summed E-state index contributed by atoms with van der Waals surface area (Å²) in [7, 11) is 3.53. The fourth-order valence-electron chi connectivity index (χ4n) is 2.79. The molecule has 4 nitrogen and oxygen atoms in total. The summed E-state index contributed by atoms with van der Waals surface area (Å²) in [6, 6.07) is 4.85. The second-order valence-electron chi connectivity index (χ2n) is 5.11. The van der Waals surface area contributed by atoms with E-state index in [4.69, 9.17) is 4.74 Å². The smallest absolute Gasteiger partial charge is 0.146 e. The summed E-state index contributed by atoms with van der Waals surface area (Å²) < 4.78 is 21.0. The van der Waals surface area contributed by atoms with Gasteiger partial charge in [-0.25, -0.2) is 4.39 Å². The van der Waals surface area contributed by atoms with Crippen LogP contribution in [0.25, 0.3) is 0 Å². The monoisotopic (exact) mass is 275 g/mol. The predicted molar refractivity (Wildman–Crippen MR) is 75.5 cm³/mol. The lowest BCUT2D eigenvalue weighted by Gasteiger charge is -2.25. The van der Waals surface area contributed by atoms with Crippen LogP contribution >= 0.6 is 0 Å². The number of rotatable bonds is 3. The van der Waals surface area contributed by atoms with Crippen molar-refractivity contribution in [3.8, 4) is 5.75 Å². The Kier molecular flexibility index (Phi) is 3.34. The molecule has 1 aromatic carbocycles. The maximum atomic E-state index is 13.9. The van der Waals surface area contributed by atoms with E-state index in [1.165, 1.54) is 17.3 Å². The molecular formula is C15H18FN3O. The zero-order chi connectivity index (χ0) is 14.1. The molecule has 0 radical (unpaired) electrons. The lowest BCUT2D eigenvalue weighted by Crippen LogP contribution is -2.18. The van der Waals surface area contributed by atoms with Crippen molar-refractivity contribution in [2.45, 2.75) is 25.3 Å². The minimum Gasteiger partial charge on any atom is -0.497 e. The van der Waals surface area contributed by atoms with Crippen LogP contribution in [0, 0.1) is 5.82 Å². The van der Waals surface area contributed by atoms with E-state index in [0.717, 1.165) is 19.3 Å². The molecule has 1 atom stereocenters. The second-order valence-corrected chi connectivity index (χ2v) is 5.11. The van der Waals surface area contributed by atoms with Crippen molar-refractivity contribution >= 4 is 5.69 Å². The number of ether oxygens (including phenoxy) is 1. The zero-order valence-corrected chi connectivity index (χ0v) is 11.7. The number of aromatic nitrogens is 2. The van der Waals surface area contributed by atoms with Crippen LogP contribution in [-0.4, -0.2) is 16.9 Å². The molecule has 1 heterocycles. The van der Waals surface area contributed by atoms with Crippen LogP contribution in [0.2, 0.25) is 0 Å². The molecule has 0 amide bonds. The van der Waals surface area contributed by atoms with Crippen LogP contribution < -0.4 is 10.1 Å². The van der Waals surface area contributed by atoms with E-state index in [9.17, 15) is 4.39 Å². The quantitative estimate of drug-likeness (QED) is 0.935. The van der Waals surface area contributed by atoms with Crippen LogP contribution in [0.15, 0.2) is 24.4 Å². The first-order chi connectivity index (χ1) is 9.69. The minimum atomic E-state index is -0.262. The molecule has 0 spiro atoms. The van der Waals surface area contributed by atoms with Crippen molar-refractivity contribution in [2.24, 2.45) is 7.05 Å². The topological polar surface area (TPSA) is 39.1 Å². The molecule has 1 N–H and O–H groups in total. The van der Waals surface area contributed by atoms with Crippen molar-refractivity contribution in [3.63, 3.8) is 0 Å². The van der Waals surface area contributed by atoms with Gasteiger partial charge in [0.2, 0.25) is 0 Å². The number of halogens is 1. The average molecular weight is 275 g/mol. The normalized spacial score (nSPS) is 17.6. The molecule has 0 aliphatic heterocycles. The van der Waals surface area contributed by atoms with Gasteiger partial charge in [0.1, 0.15) is 11.6 Å². The number of nitrogens with zero attached hydrogens (tertiary/aromatic N) is 2. The molecule has 0 bridgehead atoms. The highest BCUT2D eigenvalue weighted by Crippen LogP contribution is 2.33. The van der Waals surface area contributed by atoms with Gasteiger partial charge in [0.15, 0.2) is 0 Å². The Labute approximate surface area is 117 Å². The number of anilines is 1. The van der Waals surface area contributed by atoms with Crippen molar-refractivity contribution in [2.75, 3.05) is 12.4 Å². The summed E-state index contributed by atoms with van der Waals surface area (Å²) >= 11 is 0. The molecule has 2 aromatic rings. The van der Waals surface area contributed by atoms with Gasteiger partial charge in [-0.05, 0) is 31.4 Å². The molecule has 20 heavy (non-hydrogen) atoms. The van der Waals surface area contributed by atoms with Gasteiger partial charge in [0.25, 0.3) is 0 Å². The highest BCUT2D eigenvalue weighted by molar-refractivity contribution is 5.51. The van der Waals surface area contributed by atoms with Gasteiger partial charge in [0, 0.05) is 24.4 Å². The summed E-state index contributed by atoms with van der Waals surface area (Å²) in [5.74, 6) is 0.387. The van der Waals surface area contributed by atoms with Crippen molar-refractivity contribution < 1.29 is 9.13 Å². The molecule has 0 fully saturated rings. The number of aryl methyl sites for hydroxylation is 1. The Morgan fingerprint density at radius 1 is 1.45 bits per heavy atom. The molecule has 1 aliphatic rings. The lowest BCUT2D eigenvalue weighted by molar-refractivity contribution is 0.414. The average Bonchev–Trinajstić information content (AvgIpc) is 2.84. The molecular weight excluding hydrogens is 257 g/mol. The first kappa shape index (κ1) is 13.0. The van der Waals surface area contributed by atoms with E-state index in [2.05, 4.69) is 10.4 Å². The summed E-state index contributed by atoms with van der Waals surface area (Å²) in [4.78, 5) is 0. The number of benzene rings is 1. The maximum Gasteiger partial charge on any atom is 0.146 e. The van der Waals surface area contributed by atoms with E-state index >= 15 is 0 Å². The van der Waals surface area contributed by atoms with E-state index in [-0.39, 0.29) is 11.9 Å². The van der Waals surface area contributed by atoms with Crippen LogP contribution in [0.3, 0.4) is 0 Å². The van der Waals surface area contributed by atoms with Crippen molar-refractivity contribution in [1.29, 1.82) is 0 Å². The fraction of sp³-hybridized carbons (Fsp3) is 0.400. The molecule has 1 unspecified atom stereocenters. The second kappa shape index (κ2) is 5.15. The van der Waals surface area contributed by atoms with Gasteiger partial charge in [0.05, 0.1) is 25.0 Å². The molecule has 0 saturated heterocycles. The van der Waals surface area contributed by atoms with Crippen LogP contribution in [0.1, 0.15) is 30.1 Å². The first-order valence-corrected chi connectivity index (χ1v) is 6.80. The van der Waals surface area contributed by atoms with Crippen LogP contribution in [-0.2, 0) is 13.5 Å². The van der Waals surface area contributed by atoms with Crippen molar-refractivity contribution in [3.05, 3.63) is 41.5 Å². The highest BCUT2D eigenvalue weighted by atomic mass is 19.1. The Morgan fingerprint density at radius 2 is 2.30 bits per heavy atom. The number of hydrogen-bond donors (Lipinski definition) is 1. The number of nitrogens with one attached hydrogen (secondary N) is 1. The number of fused-ring (bicyclic) bond motifs is 1. The van der Waals surface area contributed by atoms with Gasteiger partial charge in [-0.2, -0.15) is 5.10 Å². The number of hydrogen-bond acceptors (Lipinski definition) is 3. The molecule has 1 aromatic heterocycles. The third kappa shape index (κ3) is 2.24. The fourth-order valence-corrected chi connectivity index (χ4v) is 2.79. The summed E-state index contributed by atoms with van der Waals surface area (Å²) in [6.07, 6.45) is 4.97. The third-order valence-corrected chi connectivity index (χ3v) is 3.88. The first-order valence-electron chi connectivity index (χ1n) is 6.80. The van der Waals surface area contributed by atoms with Crippen LogP contribution in [0.4, 0.5) is 10.1 Å². The summed E-state index contributed by atoms with van der Waals surface area (Å²) in [6.45, 7) is 0. The van der Waals surface area contributed by atoms with Gasteiger partial charge >= 0.3 is 0 Å². The summed E-state index contributed by atoms with van der Waals surface area (Å²) in [5, 5.41) is 7.59. The Balaban J connectivity index is 1.89. The SMILES string of the molecule is COc1ccc(F)c(NC2CCCc3c2cnn3C)c1. The maximum absolute atomic E-state index is 13.9. The Morgan fingerprint density at radius 3 is 3.10 bits per heavy atom. The van der Waals surface area contributed by atoms with Gasteiger partial charge in [-0.1, -0.05) is 0 Å². The predicted octanol–water partition coefficient (Wildman–Crippen LogP) is 3.06. The third-order valence-electron chi connectivity index (χ3n) is 3.88. The Hall–Kier alpha value is -2.04. The van der Waals surface area contributed by atoms with Crippen molar-refractivity contribution in [1.82, 2.24) is 9.78 Å². The van der Waals surface area contributed by atoms with E-state index < -0.39 is 0 Å². The zero-order valence-electron chi connectivity index (χ0n) is 11.7. The van der Waals surface area contributed by atoms with Gasteiger partial charge in [-0.3, -0.25) is 4.68 Å². The van der Waals surface area contributed by atoms with E-state index in [1.54, 1.807) is 19.2 Å². The van der Waals surface area contributed by atoms with E-state index in [1.807, 2.05) is 17.9 Å². The lowest BCUT2D eigenvalue weighted by atomic mass is 9.93. The molecule has 5 heteroatoms. The molecule has 106 valence electrons.